The van der Waals surface area contributed by atoms with E-state index in [2.05, 4.69) is 15.2 Å². The topological polar surface area (TPSA) is 79.0 Å². The Morgan fingerprint density at radius 1 is 1.33 bits per heavy atom. The summed E-state index contributed by atoms with van der Waals surface area (Å²) >= 11 is 0. The van der Waals surface area contributed by atoms with Gasteiger partial charge in [-0.2, -0.15) is 9.36 Å². The van der Waals surface area contributed by atoms with Gasteiger partial charge in [-0.15, -0.1) is 0 Å². The molecule has 0 aliphatic rings. The number of benzene rings is 1. The lowest BCUT2D eigenvalue weighted by Gasteiger charge is -1.98. The number of nitrogens with zero attached hydrogens (tertiary/aromatic N) is 4. The first-order chi connectivity index (χ1) is 8.61. The van der Waals surface area contributed by atoms with E-state index >= 15 is 0 Å². The van der Waals surface area contributed by atoms with E-state index in [0.29, 0.717) is 5.69 Å². The van der Waals surface area contributed by atoms with Crippen LogP contribution in [0.25, 0.3) is 5.69 Å². The fourth-order valence-corrected chi connectivity index (χ4v) is 1.30. The van der Waals surface area contributed by atoms with Crippen molar-refractivity contribution in [1.82, 2.24) is 19.8 Å². The molecule has 0 saturated heterocycles. The summed E-state index contributed by atoms with van der Waals surface area (Å²) in [6.45, 7) is -0.323. The van der Waals surface area contributed by atoms with E-state index in [9.17, 15) is 14.0 Å². The number of carbonyl (C=O) groups excluding carboxylic acids is 1. The van der Waals surface area contributed by atoms with Crippen LogP contribution in [0.5, 0.6) is 0 Å². The van der Waals surface area contributed by atoms with Crippen LogP contribution in [0.15, 0.2) is 29.1 Å². The first-order valence-electron chi connectivity index (χ1n) is 4.97. The van der Waals surface area contributed by atoms with Gasteiger partial charge < -0.3 is 4.74 Å². The Bertz CT molecular complexity index is 617. The smallest absolute Gasteiger partial charge is 0.369 e. The minimum absolute atomic E-state index is 0.323. The van der Waals surface area contributed by atoms with Gasteiger partial charge in [0.05, 0.1) is 12.8 Å². The summed E-state index contributed by atoms with van der Waals surface area (Å²) in [4.78, 5) is 22.8. The summed E-state index contributed by atoms with van der Waals surface area (Å²) < 4.78 is 19.0. The predicted molar refractivity (Wildman–Crippen MR) is 57.6 cm³/mol. The molecule has 7 nitrogen and oxygen atoms in total. The molecule has 8 heteroatoms. The third kappa shape index (κ3) is 2.26. The average molecular weight is 252 g/mol. The van der Waals surface area contributed by atoms with Crippen molar-refractivity contribution < 1.29 is 13.9 Å². The lowest BCUT2D eigenvalue weighted by Crippen LogP contribution is -2.27. The van der Waals surface area contributed by atoms with Gasteiger partial charge in [-0.1, -0.05) is 0 Å². The lowest BCUT2D eigenvalue weighted by molar-refractivity contribution is -0.141. The Morgan fingerprint density at radius 3 is 2.61 bits per heavy atom. The highest BCUT2D eigenvalue weighted by molar-refractivity contribution is 5.68. The van der Waals surface area contributed by atoms with E-state index in [0.717, 1.165) is 9.36 Å². The molecule has 0 fully saturated rings. The second kappa shape index (κ2) is 4.78. The van der Waals surface area contributed by atoms with E-state index in [1.54, 1.807) is 0 Å². The van der Waals surface area contributed by atoms with Gasteiger partial charge in [0, 0.05) is 0 Å². The van der Waals surface area contributed by atoms with Gasteiger partial charge >= 0.3 is 11.7 Å². The number of halogens is 1. The maximum Gasteiger partial charge on any atom is 0.369 e. The van der Waals surface area contributed by atoms with Crippen molar-refractivity contribution in [2.75, 3.05) is 7.11 Å². The van der Waals surface area contributed by atoms with Gasteiger partial charge in [-0.3, -0.25) is 4.79 Å². The maximum absolute atomic E-state index is 12.7. The van der Waals surface area contributed by atoms with E-state index in [1.165, 1.54) is 31.4 Å². The third-order valence-electron chi connectivity index (χ3n) is 2.22. The molecule has 1 aromatic heterocycles. The molecule has 1 heterocycles. The first-order valence-corrected chi connectivity index (χ1v) is 4.97. The van der Waals surface area contributed by atoms with Gasteiger partial charge in [0.1, 0.15) is 12.4 Å². The molecule has 0 amide bonds. The largest absolute Gasteiger partial charge is 0.468 e. The molecule has 0 saturated carbocycles. The first kappa shape index (κ1) is 12.0. The lowest BCUT2D eigenvalue weighted by atomic mass is 10.3. The molecule has 94 valence electrons. The number of esters is 1. The molecule has 0 spiro atoms. The van der Waals surface area contributed by atoms with Crippen LogP contribution in [0.1, 0.15) is 0 Å². The van der Waals surface area contributed by atoms with Crippen molar-refractivity contribution in [3.63, 3.8) is 0 Å². The molecule has 2 aromatic rings. The molecule has 0 aliphatic carbocycles. The molecule has 0 unspecified atom stereocenters. The Morgan fingerprint density at radius 2 is 2.00 bits per heavy atom. The number of aromatic nitrogens is 4. The van der Waals surface area contributed by atoms with Crippen molar-refractivity contribution in [2.24, 2.45) is 0 Å². The molecule has 2 rings (SSSR count). The molecule has 1 aromatic carbocycles. The number of rotatable bonds is 3. The van der Waals surface area contributed by atoms with Crippen LogP contribution in [-0.4, -0.2) is 32.9 Å². The molecular formula is C10H9FN4O3. The Kier molecular flexibility index (Phi) is 3.18. The highest BCUT2D eigenvalue weighted by atomic mass is 19.1. The van der Waals surface area contributed by atoms with Crippen LogP contribution in [-0.2, 0) is 16.1 Å². The number of tetrazole rings is 1. The van der Waals surface area contributed by atoms with E-state index < -0.39 is 17.5 Å². The summed E-state index contributed by atoms with van der Waals surface area (Å²) in [5.74, 6) is -1.03. The zero-order valence-electron chi connectivity index (χ0n) is 9.41. The van der Waals surface area contributed by atoms with Crippen LogP contribution in [0.4, 0.5) is 4.39 Å². The minimum atomic E-state index is -0.608. The molecule has 0 atom stereocenters. The third-order valence-corrected chi connectivity index (χ3v) is 2.22. The van der Waals surface area contributed by atoms with Crippen molar-refractivity contribution in [1.29, 1.82) is 0 Å². The van der Waals surface area contributed by atoms with Gasteiger partial charge in [0.2, 0.25) is 0 Å². The van der Waals surface area contributed by atoms with Crippen molar-refractivity contribution in [3.05, 3.63) is 40.6 Å². The average Bonchev–Trinajstić information content (AvgIpc) is 2.72. The number of ether oxygens (including phenoxy) is 1. The SMILES string of the molecule is COC(=O)Cn1nnn(-c2ccc(F)cc2)c1=O. The van der Waals surface area contributed by atoms with Crippen LogP contribution in [0, 0.1) is 5.82 Å². The molecule has 0 radical (unpaired) electrons. The van der Waals surface area contributed by atoms with Gasteiger partial charge in [0.15, 0.2) is 0 Å². The Labute approximate surface area is 100 Å². The molecule has 0 aliphatic heterocycles. The van der Waals surface area contributed by atoms with Gasteiger partial charge in [-0.05, 0) is 34.7 Å². The van der Waals surface area contributed by atoms with E-state index in [4.69, 9.17) is 0 Å². The fraction of sp³-hybridized carbons (Fsp3) is 0.200. The Hall–Kier alpha value is -2.51. The summed E-state index contributed by atoms with van der Waals surface area (Å²) in [5.41, 5.74) is -0.246. The fourth-order valence-electron chi connectivity index (χ4n) is 1.30. The van der Waals surface area contributed by atoms with Crippen LogP contribution >= 0.6 is 0 Å². The van der Waals surface area contributed by atoms with Crippen molar-refractivity contribution >= 4 is 5.97 Å². The van der Waals surface area contributed by atoms with Crippen molar-refractivity contribution in [2.45, 2.75) is 6.54 Å². The second-order valence-corrected chi connectivity index (χ2v) is 3.38. The van der Waals surface area contributed by atoms with Gasteiger partial charge in [0.25, 0.3) is 0 Å². The normalized spacial score (nSPS) is 10.3. The predicted octanol–water partition coefficient (Wildman–Crippen LogP) is -0.259. The summed E-state index contributed by atoms with van der Waals surface area (Å²) in [5, 5.41) is 7.11. The minimum Gasteiger partial charge on any atom is -0.468 e. The zero-order chi connectivity index (χ0) is 13.1. The van der Waals surface area contributed by atoms with Crippen LogP contribution < -0.4 is 5.69 Å². The summed E-state index contributed by atoms with van der Waals surface area (Å²) in [7, 11) is 1.21. The van der Waals surface area contributed by atoms with Crippen LogP contribution in [0.3, 0.4) is 0 Å². The van der Waals surface area contributed by atoms with Crippen LogP contribution in [0.2, 0.25) is 0 Å². The van der Waals surface area contributed by atoms with E-state index in [1.807, 2.05) is 0 Å². The van der Waals surface area contributed by atoms with E-state index in [-0.39, 0.29) is 6.54 Å². The monoisotopic (exact) mass is 252 g/mol. The number of methoxy groups -OCH3 is 1. The summed E-state index contributed by atoms with van der Waals surface area (Å²) in [6, 6.07) is 5.16. The molecule has 18 heavy (non-hydrogen) atoms. The van der Waals surface area contributed by atoms with Crippen molar-refractivity contribution in [3.8, 4) is 5.69 Å². The highest BCUT2D eigenvalue weighted by Crippen LogP contribution is 2.04. The quantitative estimate of drug-likeness (QED) is 0.703. The maximum atomic E-state index is 12.7. The number of hydrogen-bond acceptors (Lipinski definition) is 5. The zero-order valence-corrected chi connectivity index (χ0v) is 9.41. The number of hydrogen-bond donors (Lipinski definition) is 0. The second-order valence-electron chi connectivity index (χ2n) is 3.38. The highest BCUT2D eigenvalue weighted by Gasteiger charge is 2.12. The number of carbonyl (C=O) groups is 1. The van der Waals surface area contributed by atoms with Gasteiger partial charge in [-0.25, -0.2) is 9.18 Å². The molecular weight excluding hydrogens is 243 g/mol. The Balaban J connectivity index is 2.34. The standard InChI is InChI=1S/C10H9FN4O3/c1-18-9(16)6-14-10(17)15(13-12-14)8-4-2-7(11)3-5-8/h2-5H,6H2,1H3. The summed E-state index contributed by atoms with van der Waals surface area (Å²) in [6.07, 6.45) is 0. The molecule has 0 bridgehead atoms. The molecule has 0 N–H and O–H groups in total.